The molecule has 0 heterocycles. The fraction of sp³-hybridized carbons (Fsp3) is 0.933. The van der Waals surface area contributed by atoms with Crippen LogP contribution >= 0.6 is 9.90 Å². The fourth-order valence-corrected chi connectivity index (χ4v) is 3.76. The molecule has 2 bridgehead atoms. The monoisotopic (exact) mass is 269 g/mol. The Kier molecular flexibility index (Phi) is 6.11. The van der Waals surface area contributed by atoms with Crippen LogP contribution in [0.3, 0.4) is 0 Å². The summed E-state index contributed by atoms with van der Waals surface area (Å²) in [6.07, 6.45) is 6.55. The van der Waals surface area contributed by atoms with Crippen molar-refractivity contribution < 1.29 is 9.53 Å². The molecule has 5 atom stereocenters. The molecular weight excluding hydrogens is 243 g/mol. The molecule has 0 aliphatic heterocycles. The van der Waals surface area contributed by atoms with Crippen LogP contribution in [0.1, 0.15) is 59.3 Å². The molecular formula is C15H26O2P-3. The molecule has 5 unspecified atom stereocenters. The number of hydrogen-bond acceptors (Lipinski definition) is 2. The van der Waals surface area contributed by atoms with Crippen molar-refractivity contribution in [2.45, 2.75) is 65.4 Å². The molecule has 2 aliphatic carbocycles. The van der Waals surface area contributed by atoms with E-state index in [1.54, 1.807) is 0 Å². The topological polar surface area (TPSA) is 26.3 Å². The normalized spacial score (nSPS) is 37.4. The van der Waals surface area contributed by atoms with Crippen LogP contribution in [-0.4, -0.2) is 12.1 Å². The molecule has 0 aromatic carbocycles. The van der Waals surface area contributed by atoms with E-state index in [4.69, 9.17) is 4.74 Å². The summed E-state index contributed by atoms with van der Waals surface area (Å²) in [4.78, 5) is 11.7. The molecule has 2 fully saturated rings. The van der Waals surface area contributed by atoms with Gasteiger partial charge >= 0.3 is 5.97 Å². The van der Waals surface area contributed by atoms with E-state index in [0.717, 1.165) is 43.4 Å². The van der Waals surface area contributed by atoms with Crippen LogP contribution in [0, 0.1) is 23.7 Å². The van der Waals surface area contributed by atoms with E-state index in [2.05, 4.69) is 20.8 Å². The molecule has 0 radical (unpaired) electrons. The number of carbonyl (C=O) groups is 1. The summed E-state index contributed by atoms with van der Waals surface area (Å²) in [6.45, 7) is 6.84. The van der Waals surface area contributed by atoms with Crippen LogP contribution in [0.15, 0.2) is 0 Å². The van der Waals surface area contributed by atoms with Crippen molar-refractivity contribution in [3.05, 3.63) is 0 Å². The summed E-state index contributed by atoms with van der Waals surface area (Å²) in [7, 11) is 0. The Bertz CT molecular complexity index is 278. The fourth-order valence-electron chi connectivity index (χ4n) is 3.76. The first kappa shape index (κ1) is 16.0. The van der Waals surface area contributed by atoms with Gasteiger partial charge in [0.05, 0.1) is 0 Å². The second kappa shape index (κ2) is 6.89. The largest absolute Gasteiger partial charge is 3.00 e. The zero-order valence-electron chi connectivity index (χ0n) is 11.9. The minimum absolute atomic E-state index is 0. The average Bonchev–Trinajstić information content (AvgIpc) is 2.81. The first-order valence-electron chi connectivity index (χ1n) is 7.33. The Morgan fingerprint density at radius 1 is 1.17 bits per heavy atom. The molecule has 0 spiro atoms. The number of esters is 1. The lowest BCUT2D eigenvalue weighted by molar-refractivity contribution is -0.153. The highest BCUT2D eigenvalue weighted by atomic mass is 31.0. The van der Waals surface area contributed by atoms with E-state index in [9.17, 15) is 4.79 Å². The van der Waals surface area contributed by atoms with Crippen molar-refractivity contribution in [1.82, 2.24) is 0 Å². The van der Waals surface area contributed by atoms with Crippen molar-refractivity contribution in [3.63, 3.8) is 0 Å². The Labute approximate surface area is 115 Å². The third kappa shape index (κ3) is 3.26. The van der Waals surface area contributed by atoms with Gasteiger partial charge < -0.3 is 14.6 Å². The van der Waals surface area contributed by atoms with Crippen molar-refractivity contribution in [1.29, 1.82) is 0 Å². The van der Waals surface area contributed by atoms with E-state index in [1.807, 2.05) is 0 Å². The van der Waals surface area contributed by atoms with Gasteiger partial charge in [-0.05, 0) is 42.9 Å². The summed E-state index contributed by atoms with van der Waals surface area (Å²) in [5, 5.41) is 0. The zero-order valence-corrected chi connectivity index (χ0v) is 12.8. The Morgan fingerprint density at radius 2 is 1.89 bits per heavy atom. The molecule has 3 heteroatoms. The molecule has 2 rings (SSSR count). The van der Waals surface area contributed by atoms with Crippen molar-refractivity contribution in [2.75, 3.05) is 0 Å². The van der Waals surface area contributed by atoms with Crippen molar-refractivity contribution in [2.24, 2.45) is 23.7 Å². The van der Waals surface area contributed by atoms with E-state index < -0.39 is 0 Å². The Hall–Kier alpha value is -0.100. The summed E-state index contributed by atoms with van der Waals surface area (Å²) in [5.41, 5.74) is 0. The van der Waals surface area contributed by atoms with Gasteiger partial charge in [0.25, 0.3) is 0 Å². The summed E-state index contributed by atoms with van der Waals surface area (Å²) < 4.78 is 5.67. The summed E-state index contributed by atoms with van der Waals surface area (Å²) in [6, 6.07) is 0. The molecule has 0 N–H and O–H groups in total. The molecule has 106 valence electrons. The molecule has 0 amide bonds. The average molecular weight is 269 g/mol. The minimum atomic E-state index is 0. The summed E-state index contributed by atoms with van der Waals surface area (Å²) in [5.74, 6) is 3.06. The lowest BCUT2D eigenvalue weighted by atomic mass is 9.80. The third-order valence-corrected chi connectivity index (χ3v) is 5.10. The van der Waals surface area contributed by atoms with Gasteiger partial charge in [-0.2, -0.15) is 0 Å². The highest BCUT2D eigenvalue weighted by Crippen LogP contribution is 2.52. The van der Waals surface area contributed by atoms with Gasteiger partial charge in [0.2, 0.25) is 0 Å². The molecule has 0 saturated heterocycles. The smallest absolute Gasteiger partial charge is 0.306 e. The first-order chi connectivity index (χ1) is 8.13. The van der Waals surface area contributed by atoms with Gasteiger partial charge in [0, 0.05) is 6.42 Å². The number of rotatable bonds is 5. The maximum absolute atomic E-state index is 11.7. The predicted molar refractivity (Wildman–Crippen MR) is 75.5 cm³/mol. The van der Waals surface area contributed by atoms with E-state index in [1.165, 1.54) is 6.42 Å². The number of hydrogen-bond donors (Lipinski definition) is 0. The number of ether oxygens (including phenoxy) is 1. The van der Waals surface area contributed by atoms with Gasteiger partial charge in [-0.25, -0.2) is 0 Å². The molecule has 2 nitrogen and oxygen atoms in total. The van der Waals surface area contributed by atoms with Crippen LogP contribution in [0.25, 0.3) is 0 Å². The maximum Gasteiger partial charge on any atom is 0.306 e. The second-order valence-electron chi connectivity index (χ2n) is 6.10. The molecule has 2 aliphatic rings. The quantitative estimate of drug-likeness (QED) is 0.412. The number of unbranched alkanes of at least 4 members (excludes halogenated alkanes) is 2. The maximum atomic E-state index is 11.7. The van der Waals surface area contributed by atoms with Crippen molar-refractivity contribution >= 4 is 15.9 Å². The molecule has 0 aromatic heterocycles. The van der Waals surface area contributed by atoms with E-state index >= 15 is 0 Å². The second-order valence-corrected chi connectivity index (χ2v) is 6.10. The molecule has 2 saturated carbocycles. The Balaban J connectivity index is 0.00000162. The highest BCUT2D eigenvalue weighted by molar-refractivity contribution is 6.92. The van der Waals surface area contributed by atoms with Crippen LogP contribution in [-0.2, 0) is 9.53 Å². The lowest BCUT2D eigenvalue weighted by Gasteiger charge is -3.00. The van der Waals surface area contributed by atoms with Gasteiger partial charge in [-0.1, -0.05) is 33.6 Å². The first-order valence-corrected chi connectivity index (χ1v) is 7.33. The number of carbonyl (C=O) groups excluding carboxylic acids is 1. The highest BCUT2D eigenvalue weighted by Gasteiger charge is 2.50. The van der Waals surface area contributed by atoms with E-state index in [0.29, 0.717) is 12.3 Å². The van der Waals surface area contributed by atoms with Crippen LogP contribution in [0.5, 0.6) is 0 Å². The summed E-state index contributed by atoms with van der Waals surface area (Å²) >= 11 is 0. The van der Waals surface area contributed by atoms with Crippen LogP contribution in [0.2, 0.25) is 0 Å². The lowest BCUT2D eigenvalue weighted by Crippen LogP contribution is -2.32. The van der Waals surface area contributed by atoms with Crippen LogP contribution in [0.4, 0.5) is 0 Å². The van der Waals surface area contributed by atoms with E-state index in [-0.39, 0.29) is 22.0 Å². The van der Waals surface area contributed by atoms with Gasteiger partial charge in [-0.3, -0.25) is 4.79 Å². The van der Waals surface area contributed by atoms with Gasteiger partial charge in [0.15, 0.2) is 0 Å². The zero-order chi connectivity index (χ0) is 12.4. The molecule has 0 aromatic rings. The Morgan fingerprint density at radius 3 is 2.44 bits per heavy atom. The van der Waals surface area contributed by atoms with Crippen LogP contribution < -0.4 is 0 Å². The third-order valence-electron chi connectivity index (χ3n) is 5.10. The minimum Gasteiger partial charge on any atom is -3.00 e. The standard InChI is InChI=1S/C15H26O2.P/c1-4-5-6-7-15(16)17-14-9-12-8-13(14)11(3)10(12)2;/h10-14H,4-9H2,1-3H3;/q;-3. The van der Waals surface area contributed by atoms with Gasteiger partial charge in [-0.15, -0.1) is 0 Å². The molecule has 18 heavy (non-hydrogen) atoms. The van der Waals surface area contributed by atoms with Crippen molar-refractivity contribution in [3.8, 4) is 0 Å². The van der Waals surface area contributed by atoms with Gasteiger partial charge in [0.1, 0.15) is 6.10 Å². The predicted octanol–water partition coefficient (Wildman–Crippen LogP) is 4.65. The number of fused-ring (bicyclic) bond motifs is 2. The SMILES string of the molecule is CCCCCC(=O)OC1CC2CC1C(C)C2C.[P-3].